The Morgan fingerprint density at radius 1 is 1.07 bits per heavy atom. The number of hydrogen-bond donors (Lipinski definition) is 2. The summed E-state index contributed by atoms with van der Waals surface area (Å²) in [5.41, 5.74) is 0.809. The van der Waals surface area contributed by atoms with Crippen molar-refractivity contribution in [2.24, 2.45) is 11.3 Å². The average Bonchev–Trinajstić information content (AvgIpc) is 3.39. The average molecular weight is 622 g/mol. The fourth-order valence-corrected chi connectivity index (χ4v) is 9.18. The standard InChI is InChI=1S/C31H38Cl2N2O5S/c1-2-31(19-28(36)37)18-26(21-6-5-7-24(33)16-21)29(20-10-12-23(32)13-11-20)35(30(31)38)15-14-22-17-27(22)34-41(39,40)25-8-3-4-9-25/h5-7,10-13,16,22,25-27,29,34H,2-4,8-9,14-15,17-19H2,1H3,(H,36,37)/t22-,26+,27?,29+,31+/m0/s1. The Hall–Kier alpha value is -2.13. The van der Waals surface area contributed by atoms with Crippen molar-refractivity contribution in [3.05, 3.63) is 69.7 Å². The number of carboxylic acid groups (broad SMARTS) is 1. The van der Waals surface area contributed by atoms with Gasteiger partial charge in [-0.25, -0.2) is 13.1 Å². The quantitative estimate of drug-likeness (QED) is 0.296. The van der Waals surface area contributed by atoms with E-state index in [1.54, 1.807) is 6.07 Å². The second-order valence-electron chi connectivity index (χ2n) is 12.0. The monoisotopic (exact) mass is 620 g/mol. The maximum Gasteiger partial charge on any atom is 0.304 e. The molecule has 0 spiro atoms. The lowest BCUT2D eigenvalue weighted by Gasteiger charge is -2.50. The molecule has 2 aliphatic carbocycles. The fraction of sp³-hybridized carbons (Fsp3) is 0.548. The van der Waals surface area contributed by atoms with Crippen molar-refractivity contribution < 1.29 is 23.1 Å². The first-order valence-corrected chi connectivity index (χ1v) is 16.9. The summed E-state index contributed by atoms with van der Waals surface area (Å²) in [5.74, 6) is -1.22. The number of likely N-dealkylation sites (tertiary alicyclic amines) is 1. The van der Waals surface area contributed by atoms with Crippen LogP contribution in [0.4, 0.5) is 0 Å². The van der Waals surface area contributed by atoms with Crippen LogP contribution in [-0.2, 0) is 19.6 Å². The minimum absolute atomic E-state index is 0.117. The zero-order chi connectivity index (χ0) is 29.4. The highest BCUT2D eigenvalue weighted by Gasteiger charge is 2.53. The third kappa shape index (κ3) is 6.61. The van der Waals surface area contributed by atoms with Crippen molar-refractivity contribution in [2.75, 3.05) is 6.54 Å². The largest absolute Gasteiger partial charge is 0.481 e. The maximum atomic E-state index is 14.3. The number of carbonyl (C=O) groups is 2. The Morgan fingerprint density at radius 3 is 2.41 bits per heavy atom. The smallest absolute Gasteiger partial charge is 0.304 e. The molecule has 0 aromatic heterocycles. The Bertz CT molecular complexity index is 1380. The number of hydrogen-bond acceptors (Lipinski definition) is 4. The maximum absolute atomic E-state index is 14.3. The number of nitrogens with zero attached hydrogens (tertiary/aromatic N) is 1. The van der Waals surface area contributed by atoms with E-state index in [2.05, 4.69) is 4.72 Å². The van der Waals surface area contributed by atoms with Gasteiger partial charge in [-0.3, -0.25) is 9.59 Å². The van der Waals surface area contributed by atoms with Gasteiger partial charge in [0.25, 0.3) is 0 Å². The van der Waals surface area contributed by atoms with Gasteiger partial charge < -0.3 is 10.0 Å². The number of halogens is 2. The van der Waals surface area contributed by atoms with Gasteiger partial charge in [0.1, 0.15) is 0 Å². The Kier molecular flexibility index (Phi) is 9.05. The van der Waals surface area contributed by atoms with Crippen LogP contribution < -0.4 is 4.72 Å². The van der Waals surface area contributed by atoms with E-state index in [0.29, 0.717) is 48.7 Å². The summed E-state index contributed by atoms with van der Waals surface area (Å²) >= 11 is 12.6. The van der Waals surface area contributed by atoms with Gasteiger partial charge in [0, 0.05) is 28.5 Å². The summed E-state index contributed by atoms with van der Waals surface area (Å²) < 4.78 is 28.6. The second kappa shape index (κ2) is 12.2. The van der Waals surface area contributed by atoms with E-state index in [4.69, 9.17) is 23.2 Å². The molecule has 41 heavy (non-hydrogen) atoms. The van der Waals surface area contributed by atoms with Crippen molar-refractivity contribution in [2.45, 2.75) is 88.0 Å². The fourth-order valence-electron chi connectivity index (χ4n) is 7.00. The molecule has 2 aromatic rings. The van der Waals surface area contributed by atoms with Gasteiger partial charge in [0.05, 0.1) is 23.1 Å². The van der Waals surface area contributed by atoms with E-state index in [1.807, 2.05) is 54.3 Å². The molecule has 1 unspecified atom stereocenters. The Labute approximate surface area is 252 Å². The molecule has 3 fully saturated rings. The molecule has 0 bridgehead atoms. The van der Waals surface area contributed by atoms with Crippen molar-refractivity contribution in [3.63, 3.8) is 0 Å². The molecular formula is C31H38Cl2N2O5S. The van der Waals surface area contributed by atoms with Gasteiger partial charge in [-0.15, -0.1) is 0 Å². The Balaban J connectivity index is 1.45. The normalized spacial score (nSPS) is 28.7. The van der Waals surface area contributed by atoms with E-state index in [-0.39, 0.29) is 41.5 Å². The third-order valence-corrected chi connectivity index (χ3v) is 11.9. The zero-order valence-electron chi connectivity index (χ0n) is 23.3. The second-order valence-corrected chi connectivity index (χ2v) is 14.9. The number of amides is 1. The van der Waals surface area contributed by atoms with Gasteiger partial charge in [0.2, 0.25) is 15.9 Å². The van der Waals surface area contributed by atoms with Gasteiger partial charge in [-0.1, -0.05) is 67.2 Å². The first kappa shape index (κ1) is 30.3. The predicted octanol–water partition coefficient (Wildman–Crippen LogP) is 6.56. The van der Waals surface area contributed by atoms with Crippen molar-refractivity contribution >= 4 is 45.1 Å². The number of benzene rings is 2. The van der Waals surface area contributed by atoms with Crippen LogP contribution in [0, 0.1) is 11.3 Å². The highest BCUT2D eigenvalue weighted by molar-refractivity contribution is 7.90. The minimum atomic E-state index is -3.35. The van der Waals surface area contributed by atoms with E-state index in [9.17, 15) is 23.1 Å². The topological polar surface area (TPSA) is 104 Å². The highest BCUT2D eigenvalue weighted by atomic mass is 35.5. The Morgan fingerprint density at radius 2 is 1.78 bits per heavy atom. The molecule has 7 nitrogen and oxygen atoms in total. The van der Waals surface area contributed by atoms with Crippen molar-refractivity contribution in [1.82, 2.24) is 9.62 Å². The summed E-state index contributed by atoms with van der Waals surface area (Å²) in [5, 5.41) is 10.7. The molecule has 1 saturated heterocycles. The van der Waals surface area contributed by atoms with Crippen LogP contribution >= 0.6 is 23.2 Å². The summed E-state index contributed by atoms with van der Waals surface area (Å²) in [6.45, 7) is 2.28. The lowest BCUT2D eigenvalue weighted by Crippen LogP contribution is -2.53. The molecule has 2 N–H and O–H groups in total. The van der Waals surface area contributed by atoms with E-state index < -0.39 is 21.4 Å². The summed E-state index contributed by atoms with van der Waals surface area (Å²) in [4.78, 5) is 28.2. The molecule has 1 amide bonds. The molecule has 10 heteroatoms. The first-order valence-electron chi connectivity index (χ1n) is 14.6. The van der Waals surface area contributed by atoms with Crippen LogP contribution in [0.2, 0.25) is 10.0 Å². The summed E-state index contributed by atoms with van der Waals surface area (Å²) in [6, 6.07) is 14.6. The number of rotatable bonds is 11. The lowest BCUT2D eigenvalue weighted by molar-refractivity contribution is -0.159. The minimum Gasteiger partial charge on any atom is -0.481 e. The summed E-state index contributed by atoms with van der Waals surface area (Å²) in [7, 11) is -3.35. The lowest BCUT2D eigenvalue weighted by atomic mass is 9.65. The predicted molar refractivity (Wildman–Crippen MR) is 161 cm³/mol. The van der Waals surface area contributed by atoms with Gasteiger partial charge in [-0.2, -0.15) is 0 Å². The van der Waals surface area contributed by atoms with Crippen LogP contribution in [0.3, 0.4) is 0 Å². The van der Waals surface area contributed by atoms with Crippen LogP contribution in [0.5, 0.6) is 0 Å². The van der Waals surface area contributed by atoms with Crippen LogP contribution in [-0.4, -0.2) is 48.1 Å². The van der Waals surface area contributed by atoms with E-state index >= 15 is 0 Å². The number of carbonyl (C=O) groups excluding carboxylic acids is 1. The number of piperidine rings is 1. The van der Waals surface area contributed by atoms with Crippen LogP contribution in [0.15, 0.2) is 48.5 Å². The number of aliphatic carboxylic acids is 1. The molecule has 0 radical (unpaired) electrons. The van der Waals surface area contributed by atoms with E-state index in [1.165, 1.54) is 0 Å². The van der Waals surface area contributed by atoms with Crippen LogP contribution in [0.1, 0.15) is 87.8 Å². The molecule has 5 atom stereocenters. The van der Waals surface area contributed by atoms with Gasteiger partial charge in [0.15, 0.2) is 0 Å². The highest BCUT2D eigenvalue weighted by Crippen LogP contribution is 2.53. The molecular weight excluding hydrogens is 583 g/mol. The summed E-state index contributed by atoms with van der Waals surface area (Å²) in [6.07, 6.45) is 5.22. The molecule has 3 aliphatic rings. The van der Waals surface area contributed by atoms with Gasteiger partial charge in [-0.05, 0) is 79.8 Å². The van der Waals surface area contributed by atoms with Crippen molar-refractivity contribution in [1.29, 1.82) is 0 Å². The molecule has 5 rings (SSSR count). The van der Waals surface area contributed by atoms with E-state index in [0.717, 1.165) is 30.4 Å². The molecule has 1 aliphatic heterocycles. The molecule has 222 valence electrons. The molecule has 2 aromatic carbocycles. The van der Waals surface area contributed by atoms with Crippen molar-refractivity contribution in [3.8, 4) is 0 Å². The van der Waals surface area contributed by atoms with Gasteiger partial charge >= 0.3 is 5.97 Å². The third-order valence-electron chi connectivity index (χ3n) is 9.42. The van der Waals surface area contributed by atoms with Crippen LogP contribution in [0.25, 0.3) is 0 Å². The molecule has 1 heterocycles. The zero-order valence-corrected chi connectivity index (χ0v) is 25.6. The first-order chi connectivity index (χ1) is 19.5. The number of sulfonamides is 1. The SMILES string of the molecule is CC[C@]1(CC(=O)O)C[C@H](c2cccc(Cl)c2)[C@@H](c2ccc(Cl)cc2)N(CC[C@H]2CC2NS(=O)(=O)C2CCCC2)C1=O. The number of nitrogens with one attached hydrogen (secondary N) is 1. The number of carboxylic acids is 1. The molecule has 2 saturated carbocycles.